The molecule has 0 radical (unpaired) electrons. The number of halogens is 2. The van der Waals surface area contributed by atoms with Crippen molar-refractivity contribution >= 4 is 29.1 Å². The molecule has 1 amide bonds. The van der Waals surface area contributed by atoms with E-state index in [2.05, 4.69) is 25.9 Å². The Morgan fingerprint density at radius 2 is 2.00 bits per heavy atom. The third-order valence-electron chi connectivity index (χ3n) is 5.69. The topological polar surface area (TPSA) is 96.0 Å². The van der Waals surface area contributed by atoms with Gasteiger partial charge in [0.1, 0.15) is 23.0 Å². The maximum atomic E-state index is 14.1. The quantitative estimate of drug-likeness (QED) is 0.607. The van der Waals surface area contributed by atoms with E-state index < -0.39 is 17.5 Å². The molecule has 170 valence electrons. The number of hydrogen-bond acceptors (Lipinski definition) is 6. The number of nitrogens with zero attached hydrogens (tertiary/aromatic N) is 2. The number of anilines is 3. The highest BCUT2D eigenvalue weighted by molar-refractivity contribution is 6.06. The van der Waals surface area contributed by atoms with E-state index in [4.69, 9.17) is 0 Å². The van der Waals surface area contributed by atoms with Crippen molar-refractivity contribution in [2.75, 3.05) is 17.7 Å². The van der Waals surface area contributed by atoms with E-state index in [0.717, 1.165) is 17.7 Å². The Kier molecular flexibility index (Phi) is 6.04. The van der Waals surface area contributed by atoms with E-state index >= 15 is 0 Å². The van der Waals surface area contributed by atoms with Crippen molar-refractivity contribution in [3.8, 4) is 0 Å². The van der Waals surface area contributed by atoms with Crippen LogP contribution in [0.3, 0.4) is 0 Å². The number of Topliss-reactive ketones (excluding diaryl/α,β-unsaturated/α-hetero) is 1. The van der Waals surface area contributed by atoms with Gasteiger partial charge in [-0.05, 0) is 24.1 Å². The minimum absolute atomic E-state index is 0.00203. The number of carbonyl (C=O) groups is 2. The van der Waals surface area contributed by atoms with Crippen LogP contribution >= 0.6 is 0 Å². The third kappa shape index (κ3) is 4.26. The van der Waals surface area contributed by atoms with Gasteiger partial charge in [0.15, 0.2) is 5.78 Å². The van der Waals surface area contributed by atoms with Gasteiger partial charge in [0, 0.05) is 42.4 Å². The number of amides is 1. The van der Waals surface area contributed by atoms with Crippen LogP contribution in [0.1, 0.15) is 30.6 Å². The van der Waals surface area contributed by atoms with Crippen molar-refractivity contribution < 1.29 is 18.4 Å². The highest BCUT2D eigenvalue weighted by atomic mass is 19.1. The molecule has 4 rings (SSSR count). The Bertz CT molecular complexity index is 1240. The van der Waals surface area contributed by atoms with E-state index in [1.54, 1.807) is 0 Å². The van der Waals surface area contributed by atoms with Crippen molar-refractivity contribution in [3.63, 3.8) is 0 Å². The zero-order valence-corrected chi connectivity index (χ0v) is 18.4. The molecule has 0 fully saturated rings. The summed E-state index contributed by atoms with van der Waals surface area (Å²) in [6, 6.07) is 3.07. The first-order chi connectivity index (χ1) is 15.8. The highest BCUT2D eigenvalue weighted by Gasteiger charge is 2.33. The predicted octanol–water partition coefficient (Wildman–Crippen LogP) is 4.27. The van der Waals surface area contributed by atoms with Crippen LogP contribution in [0.2, 0.25) is 0 Å². The zero-order chi connectivity index (χ0) is 23.7. The van der Waals surface area contributed by atoms with Gasteiger partial charge in [0.25, 0.3) is 5.91 Å². The molecule has 2 aliphatic rings. The largest absolute Gasteiger partial charge is 0.355 e. The second-order valence-corrected chi connectivity index (χ2v) is 7.85. The summed E-state index contributed by atoms with van der Waals surface area (Å²) in [5.74, 6) is -1.98. The first kappa shape index (κ1) is 22.3. The lowest BCUT2D eigenvalue weighted by molar-refractivity contribution is -0.117. The molecule has 3 N–H and O–H groups in total. The van der Waals surface area contributed by atoms with E-state index in [1.807, 2.05) is 32.1 Å². The monoisotopic (exact) mass is 451 g/mol. The lowest BCUT2D eigenvalue weighted by atomic mass is 9.85. The minimum Gasteiger partial charge on any atom is -0.355 e. The fraction of sp³-hybridized carbons (Fsp3) is 0.250. The molecule has 0 spiro atoms. The molecule has 2 aliphatic carbocycles. The van der Waals surface area contributed by atoms with Gasteiger partial charge in [-0.1, -0.05) is 32.1 Å². The molecule has 9 heteroatoms. The summed E-state index contributed by atoms with van der Waals surface area (Å²) in [4.78, 5) is 33.9. The number of benzene rings is 1. The fourth-order valence-electron chi connectivity index (χ4n) is 3.91. The predicted molar refractivity (Wildman–Crippen MR) is 121 cm³/mol. The average molecular weight is 451 g/mol. The Morgan fingerprint density at radius 3 is 2.70 bits per heavy atom. The van der Waals surface area contributed by atoms with E-state index in [-0.39, 0.29) is 40.6 Å². The number of ketones is 1. The summed E-state index contributed by atoms with van der Waals surface area (Å²) in [7, 11) is 1.48. The average Bonchev–Trinajstić information content (AvgIpc) is 3.11. The summed E-state index contributed by atoms with van der Waals surface area (Å²) in [5, 5.41) is 8.35. The van der Waals surface area contributed by atoms with Gasteiger partial charge in [-0.3, -0.25) is 9.59 Å². The van der Waals surface area contributed by atoms with Crippen LogP contribution in [0.5, 0.6) is 0 Å². The Labute approximate surface area is 189 Å². The number of hydrogen-bond donors (Lipinski definition) is 3. The number of nitrogens with one attached hydrogen (secondary N) is 3. The number of aromatic nitrogens is 2. The summed E-state index contributed by atoms with van der Waals surface area (Å²) in [5.41, 5.74) is 2.18. The first-order valence-corrected chi connectivity index (χ1v) is 10.6. The van der Waals surface area contributed by atoms with Gasteiger partial charge in [0.05, 0.1) is 5.69 Å². The van der Waals surface area contributed by atoms with Gasteiger partial charge in [-0.15, -0.1) is 0 Å². The normalized spacial score (nSPS) is 19.3. The van der Waals surface area contributed by atoms with Crippen LogP contribution in [-0.4, -0.2) is 28.7 Å². The smallest absolute Gasteiger partial charge is 0.256 e. The minimum atomic E-state index is -0.809. The number of rotatable bonds is 6. The molecular formula is C24H23F2N5O2. The summed E-state index contributed by atoms with van der Waals surface area (Å²) >= 11 is 0. The highest BCUT2D eigenvalue weighted by Crippen LogP contribution is 2.38. The van der Waals surface area contributed by atoms with Crippen molar-refractivity contribution in [3.05, 3.63) is 76.7 Å². The van der Waals surface area contributed by atoms with Gasteiger partial charge in [-0.25, -0.2) is 13.8 Å². The van der Waals surface area contributed by atoms with E-state index in [0.29, 0.717) is 17.7 Å². The van der Waals surface area contributed by atoms with Crippen LogP contribution in [0, 0.1) is 23.5 Å². The van der Waals surface area contributed by atoms with Crippen molar-refractivity contribution in [2.45, 2.75) is 20.3 Å². The second kappa shape index (κ2) is 8.93. The second-order valence-electron chi connectivity index (χ2n) is 7.85. The Hall–Kier alpha value is -3.88. The molecule has 2 unspecified atom stereocenters. The maximum absolute atomic E-state index is 14.1. The molecule has 0 saturated heterocycles. The summed E-state index contributed by atoms with van der Waals surface area (Å²) < 4.78 is 27.3. The molecule has 2 aromatic rings. The lowest BCUT2D eigenvalue weighted by Gasteiger charge is -2.20. The molecule has 7 nitrogen and oxygen atoms in total. The molecule has 1 aromatic heterocycles. The molecule has 1 aromatic carbocycles. The Balaban J connectivity index is 1.70. The van der Waals surface area contributed by atoms with Crippen LogP contribution in [0.4, 0.5) is 26.2 Å². The third-order valence-corrected chi connectivity index (χ3v) is 5.69. The van der Waals surface area contributed by atoms with E-state index in [1.165, 1.54) is 19.3 Å². The van der Waals surface area contributed by atoms with Crippen LogP contribution in [0.15, 0.2) is 59.5 Å². The molecule has 2 atom stereocenters. The van der Waals surface area contributed by atoms with E-state index in [9.17, 15) is 18.4 Å². The summed E-state index contributed by atoms with van der Waals surface area (Å²) in [6.07, 6.45) is 7.79. The van der Waals surface area contributed by atoms with Crippen molar-refractivity contribution in [1.82, 2.24) is 15.3 Å². The molecule has 0 saturated carbocycles. The van der Waals surface area contributed by atoms with Gasteiger partial charge in [-0.2, -0.15) is 4.98 Å². The molecule has 0 bridgehead atoms. The molecule has 0 aliphatic heterocycles. The Morgan fingerprint density at radius 1 is 1.21 bits per heavy atom. The van der Waals surface area contributed by atoms with Crippen molar-refractivity contribution in [1.29, 1.82) is 0 Å². The van der Waals surface area contributed by atoms with Crippen molar-refractivity contribution in [2.24, 2.45) is 11.8 Å². The zero-order valence-electron chi connectivity index (χ0n) is 18.4. The van der Waals surface area contributed by atoms with Gasteiger partial charge < -0.3 is 16.0 Å². The first-order valence-electron chi connectivity index (χ1n) is 10.6. The number of carbonyl (C=O) groups excluding carboxylic acids is 2. The molecule has 33 heavy (non-hydrogen) atoms. The van der Waals surface area contributed by atoms with Crippen LogP contribution < -0.4 is 16.0 Å². The lowest BCUT2D eigenvalue weighted by Crippen LogP contribution is -2.23. The van der Waals surface area contributed by atoms with Gasteiger partial charge in [0.2, 0.25) is 5.95 Å². The van der Waals surface area contributed by atoms with Crippen LogP contribution in [0.25, 0.3) is 0 Å². The summed E-state index contributed by atoms with van der Waals surface area (Å²) in [6.45, 7) is 3.94. The van der Waals surface area contributed by atoms with Crippen LogP contribution in [-0.2, 0) is 4.79 Å². The SMILES string of the molecule is CCC1C=CC2=C(C1=O)C(Nc1nc(Nc3ccc(F)cc3F)ncc1C(=O)NC)=CC2C. The molecular weight excluding hydrogens is 428 g/mol. The standard InChI is InChI=1S/C24H23F2N5O2/c1-4-13-5-7-15-12(2)9-19(20(15)21(13)32)29-22-16(23(33)27-3)11-28-24(31-22)30-18-8-6-14(25)10-17(18)26/h5-13H,4H2,1-3H3,(H,27,33)(H2,28,29,30,31). The molecule has 1 heterocycles. The maximum Gasteiger partial charge on any atom is 0.256 e. The van der Waals surface area contributed by atoms with Gasteiger partial charge >= 0.3 is 0 Å². The number of allylic oxidation sites excluding steroid dienone is 5. The fourth-order valence-corrected chi connectivity index (χ4v) is 3.91.